The van der Waals surface area contributed by atoms with Crippen molar-refractivity contribution in [2.24, 2.45) is 5.92 Å². The number of nitrogens with one attached hydrogen (secondary N) is 4. The number of cyclic esters (lactones) is 1. The van der Waals surface area contributed by atoms with Crippen LogP contribution in [0, 0.1) is 17.6 Å². The highest BCUT2D eigenvalue weighted by Crippen LogP contribution is 2.34. The molecule has 9 atom stereocenters. The lowest BCUT2D eigenvalue weighted by atomic mass is 10.0. The van der Waals surface area contributed by atoms with Crippen LogP contribution in [0.4, 0.5) is 19.3 Å². The molecule has 2 aromatic carbocycles. The van der Waals surface area contributed by atoms with E-state index in [1.165, 1.54) is 35.8 Å². The van der Waals surface area contributed by atoms with Gasteiger partial charge in [0.1, 0.15) is 54.0 Å². The van der Waals surface area contributed by atoms with Crippen LogP contribution in [0.15, 0.2) is 36.4 Å². The van der Waals surface area contributed by atoms with E-state index in [0.717, 1.165) is 17.0 Å². The molecule has 19 nitrogen and oxygen atoms in total. The summed E-state index contributed by atoms with van der Waals surface area (Å²) in [5, 5.41) is 21.1. The molecule has 7 rings (SSSR count). The molecular weight excluding hydrogens is 808 g/mol. The van der Waals surface area contributed by atoms with E-state index in [1.807, 2.05) is 6.92 Å². The number of rotatable bonds is 6. The van der Waals surface area contributed by atoms with Crippen molar-refractivity contribution in [3.63, 3.8) is 0 Å². The Morgan fingerprint density at radius 1 is 0.869 bits per heavy atom. The van der Waals surface area contributed by atoms with E-state index in [-0.39, 0.29) is 69.7 Å². The number of morpholine rings is 1. The van der Waals surface area contributed by atoms with Crippen LogP contribution in [0.5, 0.6) is 11.5 Å². The maximum absolute atomic E-state index is 14.7. The standard InChI is InChI=1S/C40H47F2N7O12/c1-19-8-29-39(56)61-21(3)33(38(55)49-16-26(50)14-28(49)37(54)47-6-7-58-17-30(47)35(52)43-20(2)36(53)48(29)15-19)46-34(51)27(11-22-9-23(41)12-24(42)10-22)45-40(57)44-25-4-5-31-32(13-25)60-18-59-31/h4-5,9-10,12-13,19-21,26-30,33,50H,6-8,11,14-18H2,1-3H3,(H,43,52)(H,46,51)(H2,44,45,57)/t19-,20+,21+,26-,27+,28+,29+,30+,33+/m1/s1. The van der Waals surface area contributed by atoms with E-state index in [0.29, 0.717) is 17.6 Å². The third-order valence-corrected chi connectivity index (χ3v) is 11.3. The van der Waals surface area contributed by atoms with Crippen LogP contribution in [0.3, 0.4) is 0 Å². The summed E-state index contributed by atoms with van der Waals surface area (Å²) >= 11 is 0. The molecule has 7 amide bonds. The highest BCUT2D eigenvalue weighted by Gasteiger charge is 2.49. The van der Waals surface area contributed by atoms with Gasteiger partial charge in [-0.2, -0.15) is 0 Å². The Morgan fingerprint density at radius 2 is 1.59 bits per heavy atom. The number of benzene rings is 2. The Bertz CT molecular complexity index is 2070. The van der Waals surface area contributed by atoms with Gasteiger partial charge in [-0.05, 0) is 56.0 Å². The number of ether oxygens (including phenoxy) is 4. The fourth-order valence-corrected chi connectivity index (χ4v) is 8.32. The zero-order valence-corrected chi connectivity index (χ0v) is 33.6. The molecule has 0 spiro atoms. The Morgan fingerprint density at radius 3 is 2.34 bits per heavy atom. The van der Waals surface area contributed by atoms with E-state index >= 15 is 0 Å². The van der Waals surface area contributed by atoms with Gasteiger partial charge in [-0.3, -0.25) is 24.0 Å². The Hall–Kier alpha value is -6.09. The first-order chi connectivity index (χ1) is 29.1. The Kier molecular flexibility index (Phi) is 12.6. The number of hydrogen-bond donors (Lipinski definition) is 5. The second-order valence-corrected chi connectivity index (χ2v) is 15.9. The van der Waals surface area contributed by atoms with Gasteiger partial charge < -0.3 is 60.0 Å². The molecule has 5 N–H and O–H groups in total. The van der Waals surface area contributed by atoms with Crippen LogP contribution in [0.1, 0.15) is 39.2 Å². The fourth-order valence-electron chi connectivity index (χ4n) is 8.32. The number of hydrogen-bond acceptors (Lipinski definition) is 12. The van der Waals surface area contributed by atoms with E-state index in [9.17, 15) is 47.4 Å². The minimum Gasteiger partial charge on any atom is -0.458 e. The van der Waals surface area contributed by atoms with Crippen molar-refractivity contribution in [2.45, 2.75) is 88.5 Å². The number of nitrogens with zero attached hydrogens (tertiary/aromatic N) is 3. The van der Waals surface area contributed by atoms with Crippen molar-refractivity contribution in [1.82, 2.24) is 30.7 Å². The minimum atomic E-state index is -1.79. The molecule has 4 saturated heterocycles. The van der Waals surface area contributed by atoms with Crippen LogP contribution < -0.4 is 30.7 Å². The largest absolute Gasteiger partial charge is 0.458 e. The van der Waals surface area contributed by atoms with Gasteiger partial charge in [0.15, 0.2) is 11.5 Å². The third-order valence-electron chi connectivity index (χ3n) is 11.3. The van der Waals surface area contributed by atoms with Crippen LogP contribution in [-0.2, 0) is 44.7 Å². The summed E-state index contributed by atoms with van der Waals surface area (Å²) in [5.41, 5.74) is 0.189. The SMILES string of the molecule is C[C@@H]1C[C@H]2C(=O)O[C@@H](C)[C@H](NC(=O)[C@H](Cc3cc(F)cc(F)c3)NC(=O)Nc3ccc4c(c3)OCO4)C(=O)N3C[C@H](O)C[C@H]3C(=O)N3CCOC[C@H]3C(=O)N[C@@H](C)C(=O)N2C1. The first kappa shape index (κ1) is 43.0. The number of anilines is 1. The van der Waals surface area contributed by atoms with Crippen molar-refractivity contribution in [2.75, 3.05) is 45.0 Å². The molecule has 0 aromatic heterocycles. The number of halogens is 2. The lowest BCUT2D eigenvalue weighted by Crippen LogP contribution is -2.64. The van der Waals surface area contributed by atoms with Crippen molar-refractivity contribution >= 4 is 47.2 Å². The molecule has 0 saturated carbocycles. The highest BCUT2D eigenvalue weighted by atomic mass is 19.1. The minimum absolute atomic E-state index is 0.0312. The number of aliphatic hydroxyl groups is 1. The third kappa shape index (κ3) is 9.46. The maximum atomic E-state index is 14.7. The topological polar surface area (TPSA) is 234 Å². The number of urea groups is 1. The second kappa shape index (κ2) is 17.9. The van der Waals surface area contributed by atoms with Gasteiger partial charge in [0.2, 0.25) is 36.3 Å². The van der Waals surface area contributed by atoms with Crippen LogP contribution in [-0.4, -0.2) is 149 Å². The van der Waals surface area contributed by atoms with Crippen LogP contribution in [0.25, 0.3) is 0 Å². The fraction of sp³-hybridized carbons (Fsp3) is 0.525. The molecule has 0 bridgehead atoms. The Balaban J connectivity index is 1.22. The lowest BCUT2D eigenvalue weighted by Gasteiger charge is -2.39. The molecule has 5 aliphatic rings. The van der Waals surface area contributed by atoms with Gasteiger partial charge >= 0.3 is 12.0 Å². The quantitative estimate of drug-likeness (QED) is 0.238. The van der Waals surface area contributed by atoms with E-state index in [1.54, 1.807) is 6.07 Å². The molecule has 5 heterocycles. The number of fused-ring (bicyclic) bond motifs is 4. The molecule has 328 valence electrons. The van der Waals surface area contributed by atoms with Crippen molar-refractivity contribution in [3.8, 4) is 11.5 Å². The molecule has 61 heavy (non-hydrogen) atoms. The van der Waals surface area contributed by atoms with Gasteiger partial charge in [-0.15, -0.1) is 0 Å². The first-order valence-electron chi connectivity index (χ1n) is 20.0. The van der Waals surface area contributed by atoms with Crippen molar-refractivity contribution in [3.05, 3.63) is 53.6 Å². The number of carbonyl (C=O) groups excluding carboxylic acids is 7. The normalized spacial score (nSPS) is 28.6. The van der Waals surface area contributed by atoms with Gasteiger partial charge in [0, 0.05) is 50.3 Å². The summed E-state index contributed by atoms with van der Waals surface area (Å²) in [5.74, 6) is -6.27. The zero-order chi connectivity index (χ0) is 43.7. The monoisotopic (exact) mass is 855 g/mol. The molecule has 2 aromatic rings. The molecular formula is C40H47F2N7O12. The van der Waals surface area contributed by atoms with Gasteiger partial charge in [-0.1, -0.05) is 6.92 Å². The zero-order valence-electron chi connectivity index (χ0n) is 33.6. The van der Waals surface area contributed by atoms with E-state index < -0.39 is 108 Å². The number of carbonyl (C=O) groups is 7. The van der Waals surface area contributed by atoms with E-state index in [4.69, 9.17) is 18.9 Å². The van der Waals surface area contributed by atoms with Gasteiger partial charge in [0.25, 0.3) is 0 Å². The summed E-state index contributed by atoms with van der Waals surface area (Å²) < 4.78 is 50.8. The average Bonchev–Trinajstić information content (AvgIpc) is 3.96. The van der Waals surface area contributed by atoms with Crippen LogP contribution >= 0.6 is 0 Å². The summed E-state index contributed by atoms with van der Waals surface area (Å²) in [4.78, 5) is 102. The Labute approximate surface area is 348 Å². The van der Waals surface area contributed by atoms with Crippen molar-refractivity contribution < 1.29 is 66.4 Å². The summed E-state index contributed by atoms with van der Waals surface area (Å²) in [6, 6.07) is -2.13. The molecule has 4 fully saturated rings. The first-order valence-corrected chi connectivity index (χ1v) is 20.0. The molecule has 0 unspecified atom stereocenters. The predicted octanol–water partition coefficient (Wildman–Crippen LogP) is -0.213. The number of esters is 1. The smallest absolute Gasteiger partial charge is 0.329 e. The second-order valence-electron chi connectivity index (χ2n) is 15.9. The maximum Gasteiger partial charge on any atom is 0.329 e. The molecule has 0 radical (unpaired) electrons. The number of amides is 7. The molecule has 0 aliphatic carbocycles. The number of aliphatic hydroxyl groups excluding tert-OH is 1. The summed E-state index contributed by atoms with van der Waals surface area (Å²) in [7, 11) is 0. The highest BCUT2D eigenvalue weighted by molar-refractivity contribution is 5.99. The van der Waals surface area contributed by atoms with Gasteiger partial charge in [0.05, 0.1) is 19.3 Å². The molecule has 21 heteroatoms. The van der Waals surface area contributed by atoms with Crippen LogP contribution in [0.2, 0.25) is 0 Å². The average molecular weight is 856 g/mol. The van der Waals surface area contributed by atoms with E-state index in [2.05, 4.69) is 21.3 Å². The molecule has 5 aliphatic heterocycles. The summed E-state index contributed by atoms with van der Waals surface area (Å²) in [6.07, 6.45) is -3.28. The van der Waals surface area contributed by atoms with Gasteiger partial charge in [-0.25, -0.2) is 18.4 Å². The lowest BCUT2D eigenvalue weighted by molar-refractivity contribution is -0.164. The summed E-state index contributed by atoms with van der Waals surface area (Å²) in [6.45, 7) is 4.07. The van der Waals surface area contributed by atoms with Crippen molar-refractivity contribution in [1.29, 1.82) is 0 Å². The predicted molar refractivity (Wildman–Crippen MR) is 205 cm³/mol.